The van der Waals surface area contributed by atoms with Gasteiger partial charge in [0.1, 0.15) is 9.75 Å². The first-order chi connectivity index (χ1) is 10.1. The SMILES string of the molecule is Cc1nnc(NC(=O)C(C)(C)S(=O)(=O)c2ccc(Cl)cc2)s1. The van der Waals surface area contributed by atoms with Crippen LogP contribution in [0.3, 0.4) is 0 Å². The Labute approximate surface area is 137 Å². The van der Waals surface area contributed by atoms with Crippen LogP contribution in [-0.4, -0.2) is 29.3 Å². The molecule has 0 bridgehead atoms. The van der Waals surface area contributed by atoms with Crippen LogP contribution in [0.25, 0.3) is 0 Å². The molecule has 0 radical (unpaired) electrons. The summed E-state index contributed by atoms with van der Waals surface area (Å²) in [6, 6.07) is 5.69. The maximum Gasteiger partial charge on any atom is 0.247 e. The van der Waals surface area contributed by atoms with Crippen molar-refractivity contribution in [2.75, 3.05) is 5.32 Å². The predicted molar refractivity (Wildman–Crippen MR) is 86.0 cm³/mol. The minimum Gasteiger partial charge on any atom is -0.299 e. The summed E-state index contributed by atoms with van der Waals surface area (Å²) in [7, 11) is -3.88. The first-order valence-electron chi connectivity index (χ1n) is 6.26. The van der Waals surface area contributed by atoms with Gasteiger partial charge in [-0.05, 0) is 45.0 Å². The fraction of sp³-hybridized carbons (Fsp3) is 0.308. The normalized spacial score (nSPS) is 12.2. The van der Waals surface area contributed by atoms with Crippen LogP contribution >= 0.6 is 22.9 Å². The molecule has 1 aromatic heterocycles. The molecule has 22 heavy (non-hydrogen) atoms. The van der Waals surface area contributed by atoms with E-state index in [1.165, 1.54) is 49.4 Å². The molecule has 0 unspecified atom stereocenters. The first-order valence-corrected chi connectivity index (χ1v) is 8.94. The Morgan fingerprint density at radius 2 is 1.82 bits per heavy atom. The third kappa shape index (κ3) is 3.13. The van der Waals surface area contributed by atoms with Gasteiger partial charge in [-0.15, -0.1) is 10.2 Å². The second-order valence-corrected chi connectivity index (χ2v) is 9.17. The van der Waals surface area contributed by atoms with Gasteiger partial charge in [0.2, 0.25) is 11.0 Å². The summed E-state index contributed by atoms with van der Waals surface area (Å²) in [5, 5.41) is 11.4. The van der Waals surface area contributed by atoms with Crippen molar-refractivity contribution in [1.29, 1.82) is 0 Å². The molecule has 118 valence electrons. The summed E-state index contributed by atoms with van der Waals surface area (Å²) in [6.45, 7) is 4.43. The maximum atomic E-state index is 12.7. The van der Waals surface area contributed by atoms with Gasteiger partial charge in [-0.3, -0.25) is 10.1 Å². The van der Waals surface area contributed by atoms with Crippen LogP contribution in [0, 0.1) is 6.92 Å². The number of aryl methyl sites for hydroxylation is 1. The Morgan fingerprint density at radius 3 is 2.32 bits per heavy atom. The largest absolute Gasteiger partial charge is 0.299 e. The van der Waals surface area contributed by atoms with Crippen molar-refractivity contribution >= 4 is 43.8 Å². The number of carbonyl (C=O) groups excluding carboxylic acids is 1. The number of anilines is 1. The molecule has 0 spiro atoms. The molecule has 0 saturated heterocycles. The summed E-state index contributed by atoms with van der Waals surface area (Å²) in [6.07, 6.45) is 0. The molecule has 1 amide bonds. The zero-order valence-electron chi connectivity index (χ0n) is 12.1. The smallest absolute Gasteiger partial charge is 0.247 e. The van der Waals surface area contributed by atoms with Gasteiger partial charge in [0.15, 0.2) is 9.84 Å². The predicted octanol–water partition coefficient (Wildman–Crippen LogP) is 2.69. The van der Waals surface area contributed by atoms with Gasteiger partial charge in [0, 0.05) is 5.02 Å². The number of hydrogen-bond acceptors (Lipinski definition) is 6. The second kappa shape index (κ2) is 5.94. The highest BCUT2D eigenvalue weighted by atomic mass is 35.5. The number of nitrogens with zero attached hydrogens (tertiary/aromatic N) is 2. The van der Waals surface area contributed by atoms with Crippen LogP contribution in [0.5, 0.6) is 0 Å². The Bertz CT molecular complexity index is 798. The highest BCUT2D eigenvalue weighted by Crippen LogP contribution is 2.28. The Hall–Kier alpha value is -1.51. The quantitative estimate of drug-likeness (QED) is 0.906. The highest BCUT2D eigenvalue weighted by molar-refractivity contribution is 7.93. The van der Waals surface area contributed by atoms with Gasteiger partial charge in [-0.1, -0.05) is 22.9 Å². The molecular formula is C13H14ClN3O3S2. The Balaban J connectivity index is 2.31. The van der Waals surface area contributed by atoms with E-state index < -0.39 is 20.5 Å². The molecule has 1 N–H and O–H groups in total. The molecule has 0 aliphatic rings. The van der Waals surface area contributed by atoms with E-state index in [4.69, 9.17) is 11.6 Å². The molecule has 0 saturated carbocycles. The van der Waals surface area contributed by atoms with Crippen molar-refractivity contribution in [1.82, 2.24) is 10.2 Å². The van der Waals surface area contributed by atoms with Gasteiger partial charge in [-0.2, -0.15) is 0 Å². The Morgan fingerprint density at radius 1 is 1.23 bits per heavy atom. The van der Waals surface area contributed by atoms with Crippen molar-refractivity contribution in [3.63, 3.8) is 0 Å². The minimum atomic E-state index is -3.88. The summed E-state index contributed by atoms with van der Waals surface area (Å²) >= 11 is 6.93. The van der Waals surface area contributed by atoms with Crippen molar-refractivity contribution in [2.45, 2.75) is 30.4 Å². The van der Waals surface area contributed by atoms with E-state index in [-0.39, 0.29) is 10.0 Å². The van der Waals surface area contributed by atoms with Gasteiger partial charge >= 0.3 is 0 Å². The molecule has 1 aromatic carbocycles. The zero-order chi connectivity index (χ0) is 16.5. The highest BCUT2D eigenvalue weighted by Gasteiger charge is 2.43. The molecule has 2 aromatic rings. The lowest BCUT2D eigenvalue weighted by Gasteiger charge is -2.23. The van der Waals surface area contributed by atoms with E-state index in [9.17, 15) is 13.2 Å². The van der Waals surface area contributed by atoms with Crippen molar-refractivity contribution in [3.8, 4) is 0 Å². The average Bonchev–Trinajstić information content (AvgIpc) is 2.84. The lowest BCUT2D eigenvalue weighted by atomic mass is 10.2. The fourth-order valence-corrected chi connectivity index (χ4v) is 3.72. The molecule has 6 nitrogen and oxygen atoms in total. The van der Waals surface area contributed by atoms with Crippen molar-refractivity contribution in [3.05, 3.63) is 34.3 Å². The Kier molecular flexibility index (Phi) is 4.55. The van der Waals surface area contributed by atoms with Crippen molar-refractivity contribution < 1.29 is 13.2 Å². The number of aromatic nitrogens is 2. The van der Waals surface area contributed by atoms with Crippen LogP contribution in [0.1, 0.15) is 18.9 Å². The third-order valence-electron chi connectivity index (χ3n) is 3.09. The maximum absolute atomic E-state index is 12.7. The first kappa shape index (κ1) is 16.9. The standard InChI is InChI=1S/C13H14ClN3O3S2/c1-8-16-17-12(21-8)15-11(18)13(2,3)22(19,20)10-6-4-9(14)5-7-10/h4-7H,1-3H3,(H,15,17,18). The lowest BCUT2D eigenvalue weighted by molar-refractivity contribution is -0.117. The van der Waals surface area contributed by atoms with Gasteiger partial charge in [0.05, 0.1) is 4.90 Å². The molecule has 0 aliphatic heterocycles. The number of rotatable bonds is 4. The third-order valence-corrected chi connectivity index (χ3v) is 6.52. The fourth-order valence-electron chi connectivity index (χ4n) is 1.63. The van der Waals surface area contributed by atoms with E-state index in [2.05, 4.69) is 15.5 Å². The van der Waals surface area contributed by atoms with E-state index in [0.29, 0.717) is 10.0 Å². The molecule has 0 aliphatic carbocycles. The number of sulfone groups is 1. The number of carbonyl (C=O) groups is 1. The molecule has 0 fully saturated rings. The summed E-state index contributed by atoms with van der Waals surface area (Å²) in [4.78, 5) is 12.4. The van der Waals surface area contributed by atoms with Crippen molar-refractivity contribution in [2.24, 2.45) is 0 Å². The number of hydrogen-bond donors (Lipinski definition) is 1. The number of halogens is 1. The summed E-state index contributed by atoms with van der Waals surface area (Å²) in [5.41, 5.74) is 0. The number of benzene rings is 1. The van der Waals surface area contributed by atoms with Crippen LogP contribution in [0.15, 0.2) is 29.2 Å². The lowest BCUT2D eigenvalue weighted by Crippen LogP contribution is -2.44. The van der Waals surface area contributed by atoms with Crippen LogP contribution in [0.4, 0.5) is 5.13 Å². The van der Waals surface area contributed by atoms with E-state index in [1.54, 1.807) is 6.92 Å². The topological polar surface area (TPSA) is 89.0 Å². The van der Waals surface area contributed by atoms with Gasteiger partial charge in [-0.25, -0.2) is 8.42 Å². The van der Waals surface area contributed by atoms with Crippen LogP contribution < -0.4 is 5.32 Å². The molecule has 2 rings (SSSR count). The minimum absolute atomic E-state index is 0.0329. The second-order valence-electron chi connectivity index (χ2n) is 5.05. The van der Waals surface area contributed by atoms with E-state index in [0.717, 1.165) is 0 Å². The summed E-state index contributed by atoms with van der Waals surface area (Å²) < 4.78 is 23.7. The zero-order valence-corrected chi connectivity index (χ0v) is 14.5. The molecule has 0 atom stereocenters. The van der Waals surface area contributed by atoms with E-state index >= 15 is 0 Å². The number of nitrogens with one attached hydrogen (secondary N) is 1. The monoisotopic (exact) mass is 359 g/mol. The molecule has 1 heterocycles. The average molecular weight is 360 g/mol. The van der Waals surface area contributed by atoms with Crippen LogP contribution in [-0.2, 0) is 14.6 Å². The summed E-state index contributed by atoms with van der Waals surface area (Å²) in [5.74, 6) is -0.668. The van der Waals surface area contributed by atoms with E-state index in [1.807, 2.05) is 0 Å². The van der Waals surface area contributed by atoms with Crippen LogP contribution in [0.2, 0.25) is 5.02 Å². The molecular weight excluding hydrogens is 346 g/mol. The number of amides is 1. The molecule has 9 heteroatoms. The van der Waals surface area contributed by atoms with Gasteiger partial charge in [0.25, 0.3) is 0 Å². The van der Waals surface area contributed by atoms with Gasteiger partial charge < -0.3 is 0 Å².